The number of ether oxygens (including phenoxy) is 3. The van der Waals surface area contributed by atoms with E-state index in [0.29, 0.717) is 34.9 Å². The van der Waals surface area contributed by atoms with Crippen molar-refractivity contribution in [2.45, 2.75) is 13.5 Å². The van der Waals surface area contributed by atoms with Crippen LogP contribution in [0.25, 0.3) is 17.0 Å². The highest BCUT2D eigenvalue weighted by atomic mass is 16.7. The molecule has 1 aromatic heterocycles. The maximum atomic E-state index is 12.9. The molecule has 0 bridgehead atoms. The van der Waals surface area contributed by atoms with Crippen LogP contribution in [0.4, 0.5) is 0 Å². The van der Waals surface area contributed by atoms with Crippen LogP contribution in [0.15, 0.2) is 48.2 Å². The smallest absolute Gasteiger partial charge is 0.231 e. The van der Waals surface area contributed by atoms with Crippen molar-refractivity contribution in [2.24, 2.45) is 0 Å². The van der Waals surface area contributed by atoms with Gasteiger partial charge in [0.25, 0.3) is 0 Å². The first-order valence-electron chi connectivity index (χ1n) is 9.01. The predicted octanol–water partition coefficient (Wildman–Crippen LogP) is 3.66. The molecule has 0 aliphatic carbocycles. The summed E-state index contributed by atoms with van der Waals surface area (Å²) < 4.78 is 18.2. The van der Waals surface area contributed by atoms with Gasteiger partial charge in [-0.1, -0.05) is 0 Å². The third kappa shape index (κ3) is 3.23. The molecular formula is C22H21NO5. The molecule has 4 rings (SSSR count). The molecule has 0 fully saturated rings. The van der Waals surface area contributed by atoms with E-state index in [9.17, 15) is 4.79 Å². The molecule has 0 amide bonds. The fraction of sp³-hybridized carbons (Fsp3) is 0.227. The number of ketones is 1. The van der Waals surface area contributed by atoms with Crippen LogP contribution in [0.1, 0.15) is 22.8 Å². The molecule has 144 valence electrons. The Labute approximate surface area is 162 Å². The first-order chi connectivity index (χ1) is 13.6. The minimum atomic E-state index is -0.0477. The van der Waals surface area contributed by atoms with Crippen LogP contribution in [-0.2, 0) is 6.54 Å². The number of aliphatic hydroxyl groups excluding tert-OH is 1. The minimum absolute atomic E-state index is 0.0477. The van der Waals surface area contributed by atoms with Crippen LogP contribution in [-0.4, -0.2) is 36.0 Å². The van der Waals surface area contributed by atoms with Crippen LogP contribution in [0.2, 0.25) is 0 Å². The SMILES string of the molecule is COc1cc(/C=C(\C)C(=O)c2ccc3c(ccn3CCO)c2)cc2c1OCO2. The van der Waals surface area contributed by atoms with E-state index >= 15 is 0 Å². The number of fused-ring (bicyclic) bond motifs is 2. The molecule has 0 spiro atoms. The van der Waals surface area contributed by atoms with Crippen molar-refractivity contribution < 1.29 is 24.1 Å². The summed E-state index contributed by atoms with van der Waals surface area (Å²) >= 11 is 0. The molecule has 0 saturated heterocycles. The van der Waals surface area contributed by atoms with E-state index in [0.717, 1.165) is 16.5 Å². The van der Waals surface area contributed by atoms with Crippen molar-refractivity contribution in [2.75, 3.05) is 20.5 Å². The lowest BCUT2D eigenvalue weighted by Gasteiger charge is -2.07. The molecule has 6 nitrogen and oxygen atoms in total. The van der Waals surface area contributed by atoms with E-state index in [1.54, 1.807) is 14.0 Å². The van der Waals surface area contributed by atoms with Gasteiger partial charge >= 0.3 is 0 Å². The number of benzene rings is 2. The van der Waals surface area contributed by atoms with Gasteiger partial charge in [-0.15, -0.1) is 0 Å². The lowest BCUT2D eigenvalue weighted by Crippen LogP contribution is -2.02. The number of aromatic nitrogens is 1. The molecule has 0 atom stereocenters. The number of aliphatic hydroxyl groups is 1. The highest BCUT2D eigenvalue weighted by Gasteiger charge is 2.20. The third-order valence-electron chi connectivity index (χ3n) is 4.80. The van der Waals surface area contributed by atoms with Gasteiger partial charge in [0, 0.05) is 29.2 Å². The van der Waals surface area contributed by atoms with Crippen LogP contribution in [0.5, 0.6) is 17.2 Å². The highest BCUT2D eigenvalue weighted by Crippen LogP contribution is 2.42. The van der Waals surface area contributed by atoms with Crippen LogP contribution < -0.4 is 14.2 Å². The third-order valence-corrected chi connectivity index (χ3v) is 4.80. The average Bonchev–Trinajstić information content (AvgIpc) is 3.33. The number of carbonyl (C=O) groups is 1. The Morgan fingerprint density at radius 2 is 2.11 bits per heavy atom. The molecule has 1 N–H and O–H groups in total. The van der Waals surface area contributed by atoms with E-state index in [2.05, 4.69) is 0 Å². The lowest BCUT2D eigenvalue weighted by atomic mass is 10.0. The van der Waals surface area contributed by atoms with Gasteiger partial charge in [-0.25, -0.2) is 0 Å². The fourth-order valence-electron chi connectivity index (χ4n) is 3.42. The molecule has 1 aliphatic heterocycles. The van der Waals surface area contributed by atoms with Gasteiger partial charge in [0.05, 0.1) is 13.7 Å². The highest BCUT2D eigenvalue weighted by molar-refractivity contribution is 6.12. The minimum Gasteiger partial charge on any atom is -0.493 e. The molecule has 0 radical (unpaired) electrons. The Bertz CT molecular complexity index is 1080. The number of hydrogen-bond donors (Lipinski definition) is 1. The van der Waals surface area contributed by atoms with E-state index in [1.165, 1.54) is 0 Å². The molecular weight excluding hydrogens is 358 g/mol. The van der Waals surface area contributed by atoms with Gasteiger partial charge in [-0.05, 0) is 60.5 Å². The molecule has 1 aliphatic rings. The second-order valence-corrected chi connectivity index (χ2v) is 6.62. The Morgan fingerprint density at radius 1 is 1.25 bits per heavy atom. The first kappa shape index (κ1) is 18.1. The molecule has 2 heterocycles. The Hall–Kier alpha value is -3.25. The Balaban J connectivity index is 1.64. The van der Waals surface area contributed by atoms with Crippen LogP contribution >= 0.6 is 0 Å². The van der Waals surface area contributed by atoms with Crippen molar-refractivity contribution in [3.8, 4) is 17.2 Å². The zero-order valence-corrected chi connectivity index (χ0v) is 15.8. The second-order valence-electron chi connectivity index (χ2n) is 6.62. The Morgan fingerprint density at radius 3 is 2.89 bits per heavy atom. The standard InChI is InChI=1S/C22H21NO5/c1-14(9-15-10-19(26-2)22-20(11-15)27-13-28-22)21(25)17-3-4-18-16(12-17)5-6-23(18)7-8-24/h3-6,9-12,24H,7-8,13H2,1-2H3/b14-9+. The maximum absolute atomic E-state index is 12.9. The van der Waals surface area contributed by atoms with Gasteiger partial charge in [0.1, 0.15) is 0 Å². The van der Waals surface area contributed by atoms with Gasteiger partial charge < -0.3 is 23.9 Å². The first-order valence-corrected chi connectivity index (χ1v) is 9.01. The number of allylic oxidation sites excluding steroid dienone is 1. The average molecular weight is 379 g/mol. The number of methoxy groups -OCH3 is 1. The summed E-state index contributed by atoms with van der Waals surface area (Å²) in [6.45, 7) is 2.56. The predicted molar refractivity (Wildman–Crippen MR) is 106 cm³/mol. The monoisotopic (exact) mass is 379 g/mol. The molecule has 2 aromatic carbocycles. The molecule has 0 saturated carbocycles. The van der Waals surface area contributed by atoms with Crippen molar-refractivity contribution in [3.05, 3.63) is 59.3 Å². The topological polar surface area (TPSA) is 69.9 Å². The molecule has 0 unspecified atom stereocenters. The van der Waals surface area contributed by atoms with Crippen LogP contribution in [0, 0.1) is 0 Å². The molecule has 28 heavy (non-hydrogen) atoms. The second kappa shape index (κ2) is 7.40. The summed E-state index contributed by atoms with van der Waals surface area (Å²) in [5, 5.41) is 10.1. The van der Waals surface area contributed by atoms with Crippen molar-refractivity contribution in [1.29, 1.82) is 0 Å². The van der Waals surface area contributed by atoms with E-state index in [1.807, 2.05) is 53.2 Å². The molecule has 3 aromatic rings. The summed E-state index contributed by atoms with van der Waals surface area (Å²) in [4.78, 5) is 12.9. The number of carbonyl (C=O) groups excluding carboxylic acids is 1. The van der Waals surface area contributed by atoms with Crippen molar-refractivity contribution >= 4 is 22.8 Å². The lowest BCUT2D eigenvalue weighted by molar-refractivity contribution is 0.103. The fourth-order valence-corrected chi connectivity index (χ4v) is 3.42. The number of hydrogen-bond acceptors (Lipinski definition) is 5. The van der Waals surface area contributed by atoms with Crippen molar-refractivity contribution in [1.82, 2.24) is 4.57 Å². The number of Topliss-reactive ketones (excluding diaryl/α,β-unsaturated/α-hetero) is 1. The molecule has 6 heteroatoms. The summed E-state index contributed by atoms with van der Waals surface area (Å²) in [5.74, 6) is 1.72. The largest absolute Gasteiger partial charge is 0.493 e. The zero-order chi connectivity index (χ0) is 19.7. The van der Waals surface area contributed by atoms with Crippen molar-refractivity contribution in [3.63, 3.8) is 0 Å². The summed E-state index contributed by atoms with van der Waals surface area (Å²) in [5.41, 5.74) is 3.03. The van der Waals surface area contributed by atoms with Crippen LogP contribution in [0.3, 0.4) is 0 Å². The summed E-state index contributed by atoms with van der Waals surface area (Å²) in [6.07, 6.45) is 3.73. The van der Waals surface area contributed by atoms with E-state index < -0.39 is 0 Å². The summed E-state index contributed by atoms with van der Waals surface area (Å²) in [6, 6.07) is 11.2. The summed E-state index contributed by atoms with van der Waals surface area (Å²) in [7, 11) is 1.57. The van der Waals surface area contributed by atoms with Gasteiger partial charge in [0.2, 0.25) is 12.5 Å². The zero-order valence-electron chi connectivity index (χ0n) is 15.8. The van der Waals surface area contributed by atoms with E-state index in [4.69, 9.17) is 19.3 Å². The van der Waals surface area contributed by atoms with E-state index in [-0.39, 0.29) is 19.2 Å². The quantitative estimate of drug-likeness (QED) is 0.523. The van der Waals surface area contributed by atoms with Gasteiger partial charge in [-0.2, -0.15) is 0 Å². The van der Waals surface area contributed by atoms with Gasteiger partial charge in [0.15, 0.2) is 17.3 Å². The normalized spacial score (nSPS) is 13.2. The Kier molecular flexibility index (Phi) is 4.79. The van der Waals surface area contributed by atoms with Gasteiger partial charge in [-0.3, -0.25) is 4.79 Å². The number of rotatable bonds is 6. The number of nitrogens with zero attached hydrogens (tertiary/aromatic N) is 1. The maximum Gasteiger partial charge on any atom is 0.231 e.